The molecule has 0 radical (unpaired) electrons. The first-order valence-corrected chi connectivity index (χ1v) is 5.97. The van der Waals surface area contributed by atoms with Crippen LogP contribution in [-0.4, -0.2) is 24.2 Å². The lowest BCUT2D eigenvalue weighted by Gasteiger charge is -2.23. The highest BCUT2D eigenvalue weighted by Crippen LogP contribution is 2.25. The lowest BCUT2D eigenvalue weighted by Crippen LogP contribution is -2.26. The van der Waals surface area contributed by atoms with Crippen LogP contribution in [0, 0.1) is 0 Å². The summed E-state index contributed by atoms with van der Waals surface area (Å²) in [5, 5.41) is 11.9. The van der Waals surface area contributed by atoms with Gasteiger partial charge in [0.2, 0.25) is 0 Å². The topological polar surface area (TPSA) is 49.3 Å². The maximum absolute atomic E-state index is 10.5. The number of hydrogen-bond acceptors (Lipinski definition) is 2. The number of carbonyl (C=O) groups is 1. The number of carboxylic acids is 1. The fourth-order valence-corrected chi connectivity index (χ4v) is 2.24. The monoisotopic (exact) mass is 231 g/mol. The van der Waals surface area contributed by atoms with Gasteiger partial charge in [0.15, 0.2) is 0 Å². The Morgan fingerprint density at radius 3 is 2.82 bits per heavy atom. The van der Waals surface area contributed by atoms with Gasteiger partial charge in [-0.25, -0.2) is 4.79 Å². The highest BCUT2D eigenvalue weighted by atomic mass is 16.4. The number of rotatable bonds is 3. The number of piperidine rings is 1. The van der Waals surface area contributed by atoms with Gasteiger partial charge in [-0.3, -0.25) is 0 Å². The number of carboxylic acid groups (broad SMARTS) is 1. The molecule has 1 heterocycles. The van der Waals surface area contributed by atoms with E-state index in [0.29, 0.717) is 5.92 Å². The van der Waals surface area contributed by atoms with E-state index < -0.39 is 5.97 Å². The average molecular weight is 231 g/mol. The molecule has 2 rings (SSSR count). The quantitative estimate of drug-likeness (QED) is 0.784. The van der Waals surface area contributed by atoms with Gasteiger partial charge in [0.05, 0.1) is 0 Å². The molecule has 1 saturated heterocycles. The van der Waals surface area contributed by atoms with Crippen LogP contribution >= 0.6 is 0 Å². The van der Waals surface area contributed by atoms with Crippen molar-refractivity contribution in [2.75, 3.05) is 13.1 Å². The van der Waals surface area contributed by atoms with Crippen LogP contribution in [-0.2, 0) is 4.79 Å². The van der Waals surface area contributed by atoms with E-state index in [0.717, 1.165) is 31.5 Å². The van der Waals surface area contributed by atoms with Gasteiger partial charge in [-0.2, -0.15) is 0 Å². The van der Waals surface area contributed by atoms with Gasteiger partial charge in [-0.1, -0.05) is 24.3 Å². The van der Waals surface area contributed by atoms with E-state index in [9.17, 15) is 4.79 Å². The molecule has 1 aliphatic rings. The van der Waals surface area contributed by atoms with E-state index in [1.165, 1.54) is 11.6 Å². The van der Waals surface area contributed by atoms with E-state index in [1.54, 1.807) is 6.08 Å². The Hall–Kier alpha value is -1.61. The van der Waals surface area contributed by atoms with Crippen LogP contribution in [0.3, 0.4) is 0 Å². The molecule has 0 spiro atoms. The summed E-state index contributed by atoms with van der Waals surface area (Å²) in [6, 6.07) is 8.16. The third kappa shape index (κ3) is 3.43. The minimum Gasteiger partial charge on any atom is -0.478 e. The molecule has 0 unspecified atom stereocenters. The summed E-state index contributed by atoms with van der Waals surface area (Å²) in [7, 11) is 0. The molecule has 17 heavy (non-hydrogen) atoms. The summed E-state index contributed by atoms with van der Waals surface area (Å²) in [5.74, 6) is -0.299. The van der Waals surface area contributed by atoms with E-state index in [-0.39, 0.29) is 0 Å². The molecule has 2 N–H and O–H groups in total. The van der Waals surface area contributed by atoms with Crippen molar-refractivity contribution in [3.05, 3.63) is 41.5 Å². The predicted molar refractivity (Wildman–Crippen MR) is 68.0 cm³/mol. The van der Waals surface area contributed by atoms with Crippen molar-refractivity contribution in [3.8, 4) is 0 Å². The predicted octanol–water partition coefficient (Wildman–Crippen LogP) is 2.25. The molecule has 1 aromatic carbocycles. The van der Waals surface area contributed by atoms with Gasteiger partial charge in [0, 0.05) is 6.08 Å². The standard InChI is InChI=1S/C14H17NO2/c16-14(17)5-4-11-2-1-3-13(10-11)12-6-8-15-9-7-12/h1-5,10,12,15H,6-9H2,(H,16,17)/b5-4+. The average Bonchev–Trinajstić information content (AvgIpc) is 2.38. The van der Waals surface area contributed by atoms with Crippen molar-refractivity contribution in [2.24, 2.45) is 0 Å². The molecule has 0 atom stereocenters. The third-order valence-corrected chi connectivity index (χ3v) is 3.14. The lowest BCUT2D eigenvalue weighted by atomic mass is 9.89. The Balaban J connectivity index is 2.12. The maximum atomic E-state index is 10.5. The maximum Gasteiger partial charge on any atom is 0.328 e. The molecule has 0 aliphatic carbocycles. The van der Waals surface area contributed by atoms with E-state index in [1.807, 2.05) is 12.1 Å². The zero-order valence-electron chi connectivity index (χ0n) is 9.73. The van der Waals surface area contributed by atoms with Crippen LogP contribution in [0.2, 0.25) is 0 Å². The second-order valence-corrected chi connectivity index (χ2v) is 4.37. The second-order valence-electron chi connectivity index (χ2n) is 4.37. The molecule has 0 saturated carbocycles. The smallest absolute Gasteiger partial charge is 0.328 e. The Labute approximate surface area is 101 Å². The van der Waals surface area contributed by atoms with Gasteiger partial charge in [0.25, 0.3) is 0 Å². The number of benzene rings is 1. The molecule has 1 aromatic rings. The first kappa shape index (κ1) is 11.9. The molecular formula is C14H17NO2. The molecule has 3 nitrogen and oxygen atoms in total. The molecule has 1 aliphatic heterocycles. The molecule has 0 aromatic heterocycles. The Morgan fingerprint density at radius 2 is 2.12 bits per heavy atom. The number of nitrogens with one attached hydrogen (secondary N) is 1. The van der Waals surface area contributed by atoms with Crippen molar-refractivity contribution in [1.29, 1.82) is 0 Å². The summed E-state index contributed by atoms with van der Waals surface area (Å²) in [6.07, 6.45) is 5.15. The Kier molecular flexibility index (Phi) is 3.94. The van der Waals surface area contributed by atoms with Crippen molar-refractivity contribution >= 4 is 12.0 Å². The van der Waals surface area contributed by atoms with Crippen LogP contribution in [0.1, 0.15) is 29.9 Å². The van der Waals surface area contributed by atoms with Crippen LogP contribution in [0.4, 0.5) is 0 Å². The molecule has 1 fully saturated rings. The van der Waals surface area contributed by atoms with Crippen LogP contribution < -0.4 is 5.32 Å². The zero-order valence-corrected chi connectivity index (χ0v) is 9.73. The van der Waals surface area contributed by atoms with Gasteiger partial charge in [-0.05, 0) is 49.1 Å². The van der Waals surface area contributed by atoms with E-state index in [4.69, 9.17) is 5.11 Å². The highest BCUT2D eigenvalue weighted by Gasteiger charge is 2.14. The minimum absolute atomic E-state index is 0.606. The Bertz CT molecular complexity index is 420. The fourth-order valence-electron chi connectivity index (χ4n) is 2.24. The third-order valence-electron chi connectivity index (χ3n) is 3.14. The summed E-state index contributed by atoms with van der Waals surface area (Å²) in [4.78, 5) is 10.5. The van der Waals surface area contributed by atoms with E-state index in [2.05, 4.69) is 17.4 Å². The first-order valence-electron chi connectivity index (χ1n) is 5.97. The molecule has 3 heteroatoms. The minimum atomic E-state index is -0.905. The van der Waals surface area contributed by atoms with Crippen molar-refractivity contribution in [1.82, 2.24) is 5.32 Å². The largest absolute Gasteiger partial charge is 0.478 e. The van der Waals surface area contributed by atoms with Crippen LogP contribution in [0.5, 0.6) is 0 Å². The van der Waals surface area contributed by atoms with Crippen LogP contribution in [0.15, 0.2) is 30.3 Å². The second kappa shape index (κ2) is 5.64. The molecule has 0 bridgehead atoms. The zero-order chi connectivity index (χ0) is 12.1. The van der Waals surface area contributed by atoms with Gasteiger partial charge >= 0.3 is 5.97 Å². The van der Waals surface area contributed by atoms with Gasteiger partial charge in [0.1, 0.15) is 0 Å². The molecule has 90 valence electrons. The van der Waals surface area contributed by atoms with Gasteiger partial charge in [-0.15, -0.1) is 0 Å². The number of hydrogen-bond donors (Lipinski definition) is 2. The van der Waals surface area contributed by atoms with E-state index >= 15 is 0 Å². The summed E-state index contributed by atoms with van der Waals surface area (Å²) in [6.45, 7) is 2.14. The fraction of sp³-hybridized carbons (Fsp3) is 0.357. The Morgan fingerprint density at radius 1 is 1.35 bits per heavy atom. The summed E-state index contributed by atoms with van der Waals surface area (Å²) >= 11 is 0. The van der Waals surface area contributed by atoms with Crippen LogP contribution in [0.25, 0.3) is 6.08 Å². The molecule has 0 amide bonds. The lowest BCUT2D eigenvalue weighted by molar-refractivity contribution is -0.131. The van der Waals surface area contributed by atoms with Gasteiger partial charge < -0.3 is 10.4 Å². The summed E-state index contributed by atoms with van der Waals surface area (Å²) in [5.41, 5.74) is 2.28. The highest BCUT2D eigenvalue weighted by molar-refractivity contribution is 5.85. The first-order chi connectivity index (χ1) is 8.25. The number of aliphatic carboxylic acids is 1. The SMILES string of the molecule is O=C(O)/C=C/c1cccc(C2CCNCC2)c1. The van der Waals surface area contributed by atoms with Crippen molar-refractivity contribution in [2.45, 2.75) is 18.8 Å². The molecular weight excluding hydrogens is 214 g/mol. The normalized spacial score (nSPS) is 17.4. The van der Waals surface area contributed by atoms with Crippen molar-refractivity contribution < 1.29 is 9.90 Å². The summed E-state index contributed by atoms with van der Waals surface area (Å²) < 4.78 is 0. The van der Waals surface area contributed by atoms with Crippen molar-refractivity contribution in [3.63, 3.8) is 0 Å².